The van der Waals surface area contributed by atoms with Gasteiger partial charge in [-0.15, -0.1) is 4.73 Å². The molecule has 0 spiro atoms. The van der Waals surface area contributed by atoms with Crippen molar-refractivity contribution in [3.05, 3.63) is 6.07 Å². The lowest BCUT2D eigenvalue weighted by molar-refractivity contribution is -0.146. The fourth-order valence-electron chi connectivity index (χ4n) is 1.23. The molecule has 1 rings (SSSR count). The summed E-state index contributed by atoms with van der Waals surface area (Å²) in [4.78, 5) is 18.5. The number of hydrogen-bond acceptors (Lipinski definition) is 9. The standard InChI is InChI=1S/C10H14N2O9S/c13-3-2-11-6-20-4-1-9(15)21-12-8(14)5-7(10(12)16)22(17,18)19/h5-6,13-14,16H,1-4H2,(H,17,18,19). The van der Waals surface area contributed by atoms with Crippen LogP contribution in [0.4, 0.5) is 0 Å². The van der Waals surface area contributed by atoms with Crippen LogP contribution in [0.25, 0.3) is 0 Å². The predicted octanol–water partition coefficient (Wildman–Crippen LogP) is -1.47. The topological polar surface area (TPSA) is 168 Å². The second-order valence-electron chi connectivity index (χ2n) is 3.78. The number of aliphatic imine (C=N–C) groups is 1. The van der Waals surface area contributed by atoms with E-state index in [-0.39, 0.29) is 30.9 Å². The van der Waals surface area contributed by atoms with Gasteiger partial charge in [0, 0.05) is 6.07 Å². The van der Waals surface area contributed by atoms with E-state index < -0.39 is 32.7 Å². The highest BCUT2D eigenvalue weighted by molar-refractivity contribution is 7.86. The van der Waals surface area contributed by atoms with Crippen molar-refractivity contribution in [1.29, 1.82) is 0 Å². The van der Waals surface area contributed by atoms with Crippen LogP contribution in [0.3, 0.4) is 0 Å². The molecular formula is C10H14N2O9S. The van der Waals surface area contributed by atoms with Gasteiger partial charge >= 0.3 is 5.97 Å². The van der Waals surface area contributed by atoms with Crippen LogP contribution in [0.1, 0.15) is 6.42 Å². The zero-order valence-electron chi connectivity index (χ0n) is 11.1. The molecule has 0 aliphatic carbocycles. The van der Waals surface area contributed by atoms with Crippen molar-refractivity contribution < 1.29 is 42.7 Å². The van der Waals surface area contributed by atoms with E-state index in [1.807, 2.05) is 0 Å². The minimum Gasteiger partial charge on any atom is -0.492 e. The summed E-state index contributed by atoms with van der Waals surface area (Å²) in [5.41, 5.74) is 0. The van der Waals surface area contributed by atoms with E-state index in [0.717, 1.165) is 6.40 Å². The molecule has 4 N–H and O–H groups in total. The molecule has 0 aromatic carbocycles. The van der Waals surface area contributed by atoms with Crippen molar-refractivity contribution in [2.24, 2.45) is 4.99 Å². The Hall–Kier alpha value is -2.31. The zero-order chi connectivity index (χ0) is 16.8. The third-order valence-electron chi connectivity index (χ3n) is 2.15. The van der Waals surface area contributed by atoms with Crippen LogP contribution in [0.5, 0.6) is 11.8 Å². The van der Waals surface area contributed by atoms with Gasteiger partial charge in [0.1, 0.15) is 0 Å². The fraction of sp³-hybridized carbons (Fsp3) is 0.400. The van der Waals surface area contributed by atoms with Gasteiger partial charge in [0.05, 0.1) is 26.2 Å². The molecule has 0 amide bonds. The number of carbonyl (C=O) groups is 1. The van der Waals surface area contributed by atoms with E-state index in [2.05, 4.69) is 9.83 Å². The maximum absolute atomic E-state index is 11.4. The summed E-state index contributed by atoms with van der Waals surface area (Å²) in [7, 11) is -4.79. The van der Waals surface area contributed by atoms with E-state index in [0.29, 0.717) is 6.07 Å². The van der Waals surface area contributed by atoms with Crippen LogP contribution in [0.2, 0.25) is 0 Å². The molecule has 1 aromatic rings. The van der Waals surface area contributed by atoms with Gasteiger partial charge < -0.3 is 24.9 Å². The first-order chi connectivity index (χ1) is 10.3. The summed E-state index contributed by atoms with van der Waals surface area (Å²) in [5.74, 6) is -3.01. The van der Waals surface area contributed by atoms with Crippen molar-refractivity contribution in [3.8, 4) is 11.8 Å². The van der Waals surface area contributed by atoms with Gasteiger partial charge in [-0.05, 0) is 0 Å². The normalized spacial score (nSPS) is 11.7. The molecule has 0 radical (unpaired) electrons. The molecule has 124 valence electrons. The average Bonchev–Trinajstić information content (AvgIpc) is 2.70. The summed E-state index contributed by atoms with van der Waals surface area (Å²) in [5, 5.41) is 27.3. The minimum absolute atomic E-state index is 0.137. The second kappa shape index (κ2) is 7.63. The Balaban J connectivity index is 2.60. The van der Waals surface area contributed by atoms with E-state index in [1.54, 1.807) is 0 Å². The van der Waals surface area contributed by atoms with E-state index in [1.165, 1.54) is 0 Å². The van der Waals surface area contributed by atoms with Gasteiger partial charge in [0.2, 0.25) is 5.88 Å². The monoisotopic (exact) mass is 338 g/mol. The number of aromatic nitrogens is 1. The molecule has 1 aromatic heterocycles. The Labute approximate surface area is 124 Å². The van der Waals surface area contributed by atoms with Crippen LogP contribution in [0, 0.1) is 0 Å². The summed E-state index contributed by atoms with van der Waals surface area (Å²) in [6.07, 6.45) is 0.730. The number of ether oxygens (including phenoxy) is 1. The molecule has 11 nitrogen and oxygen atoms in total. The lowest BCUT2D eigenvalue weighted by atomic mass is 10.5. The SMILES string of the molecule is O=C(CCOC=NCCO)On1c(O)cc(S(=O)(=O)O)c1O. The van der Waals surface area contributed by atoms with Crippen molar-refractivity contribution in [1.82, 2.24) is 4.73 Å². The molecule has 0 fully saturated rings. The van der Waals surface area contributed by atoms with E-state index in [4.69, 9.17) is 14.4 Å². The first-order valence-electron chi connectivity index (χ1n) is 5.80. The van der Waals surface area contributed by atoms with Crippen LogP contribution in [-0.2, 0) is 19.6 Å². The number of aliphatic hydroxyl groups excluding tert-OH is 1. The zero-order valence-corrected chi connectivity index (χ0v) is 11.9. The van der Waals surface area contributed by atoms with Crippen LogP contribution in [0.15, 0.2) is 16.0 Å². The van der Waals surface area contributed by atoms with Crippen LogP contribution in [-0.4, -0.2) is 65.1 Å². The van der Waals surface area contributed by atoms with E-state index >= 15 is 0 Å². The van der Waals surface area contributed by atoms with Gasteiger partial charge in [-0.25, -0.2) is 4.79 Å². The Bertz CT molecular complexity index is 650. The highest BCUT2D eigenvalue weighted by Gasteiger charge is 2.25. The summed E-state index contributed by atoms with van der Waals surface area (Å²) >= 11 is 0. The van der Waals surface area contributed by atoms with Crippen molar-refractivity contribution in [3.63, 3.8) is 0 Å². The first-order valence-corrected chi connectivity index (χ1v) is 7.24. The number of carbonyl (C=O) groups excluding carboxylic acids is 1. The summed E-state index contributed by atoms with van der Waals surface area (Å²) in [6.45, 7) is -0.139. The molecule has 0 aliphatic rings. The smallest absolute Gasteiger partial charge is 0.336 e. The molecular weight excluding hydrogens is 324 g/mol. The number of rotatable bonds is 8. The largest absolute Gasteiger partial charge is 0.492 e. The van der Waals surface area contributed by atoms with Crippen molar-refractivity contribution in [2.75, 3.05) is 19.8 Å². The molecule has 0 aliphatic heterocycles. The number of nitrogens with zero attached hydrogens (tertiary/aromatic N) is 2. The van der Waals surface area contributed by atoms with Crippen molar-refractivity contribution in [2.45, 2.75) is 11.3 Å². The molecule has 1 heterocycles. The average molecular weight is 338 g/mol. The number of hydrogen-bond donors (Lipinski definition) is 4. The molecule has 0 saturated carbocycles. The lowest BCUT2D eigenvalue weighted by Gasteiger charge is -2.06. The number of aliphatic hydroxyl groups is 1. The Morgan fingerprint density at radius 1 is 1.41 bits per heavy atom. The van der Waals surface area contributed by atoms with Gasteiger partial charge in [-0.1, -0.05) is 0 Å². The van der Waals surface area contributed by atoms with Gasteiger partial charge in [-0.2, -0.15) is 8.42 Å². The predicted molar refractivity (Wildman–Crippen MR) is 70.2 cm³/mol. The van der Waals surface area contributed by atoms with Crippen LogP contribution < -0.4 is 4.84 Å². The maximum Gasteiger partial charge on any atom is 0.336 e. The molecule has 22 heavy (non-hydrogen) atoms. The second-order valence-corrected chi connectivity index (χ2v) is 5.17. The lowest BCUT2D eigenvalue weighted by Crippen LogP contribution is -2.20. The third-order valence-corrected chi connectivity index (χ3v) is 3.01. The molecule has 0 unspecified atom stereocenters. The molecule has 12 heteroatoms. The third kappa shape index (κ3) is 4.91. The molecule has 0 saturated heterocycles. The van der Waals surface area contributed by atoms with Gasteiger partial charge in [-0.3, -0.25) is 9.55 Å². The van der Waals surface area contributed by atoms with E-state index in [9.17, 15) is 23.4 Å². The Morgan fingerprint density at radius 3 is 2.64 bits per heavy atom. The highest BCUT2D eigenvalue weighted by Crippen LogP contribution is 2.29. The minimum atomic E-state index is -4.79. The Kier molecular flexibility index (Phi) is 6.15. The van der Waals surface area contributed by atoms with Crippen LogP contribution >= 0.6 is 0 Å². The summed E-state index contributed by atoms with van der Waals surface area (Å²) in [6, 6.07) is 0.510. The maximum atomic E-state index is 11.4. The molecule has 0 bridgehead atoms. The Morgan fingerprint density at radius 2 is 2.09 bits per heavy atom. The quantitative estimate of drug-likeness (QED) is 0.191. The number of aromatic hydroxyl groups is 2. The molecule has 0 atom stereocenters. The van der Waals surface area contributed by atoms with Crippen molar-refractivity contribution >= 4 is 22.5 Å². The first kappa shape index (κ1) is 17.7. The highest BCUT2D eigenvalue weighted by atomic mass is 32.2. The van der Waals surface area contributed by atoms with Gasteiger partial charge in [0.15, 0.2) is 11.3 Å². The fourth-order valence-corrected chi connectivity index (χ4v) is 1.80. The summed E-state index contributed by atoms with van der Waals surface area (Å²) < 4.78 is 35.5. The van der Waals surface area contributed by atoms with Gasteiger partial charge in [0.25, 0.3) is 16.0 Å².